The standard InChI is InChI=1S/C10H11Cl2NS/c1-6(2)13-10(14)7-3-8(11)5-9(12)4-7/h3-6H,1-2H3,(H,13,14). The Labute approximate surface area is 99.4 Å². The van der Waals surface area contributed by atoms with E-state index in [0.717, 1.165) is 5.56 Å². The van der Waals surface area contributed by atoms with Crippen molar-refractivity contribution in [2.24, 2.45) is 0 Å². The first kappa shape index (κ1) is 11.8. The summed E-state index contributed by atoms with van der Waals surface area (Å²) in [7, 11) is 0. The number of halogens is 2. The number of thiocarbonyl (C=S) groups is 1. The third-order valence-electron chi connectivity index (χ3n) is 1.54. The van der Waals surface area contributed by atoms with Crippen molar-refractivity contribution < 1.29 is 0 Å². The molecule has 0 amide bonds. The van der Waals surface area contributed by atoms with Gasteiger partial charge in [0.15, 0.2) is 0 Å². The fourth-order valence-corrected chi connectivity index (χ4v) is 1.91. The van der Waals surface area contributed by atoms with Gasteiger partial charge in [0.25, 0.3) is 0 Å². The van der Waals surface area contributed by atoms with Gasteiger partial charge in [0.05, 0.1) is 0 Å². The summed E-state index contributed by atoms with van der Waals surface area (Å²) in [5, 5.41) is 4.32. The smallest absolute Gasteiger partial charge is 0.106 e. The Balaban J connectivity index is 2.90. The monoisotopic (exact) mass is 247 g/mol. The van der Waals surface area contributed by atoms with E-state index < -0.39 is 0 Å². The van der Waals surface area contributed by atoms with Crippen LogP contribution in [0, 0.1) is 0 Å². The first-order valence-electron chi connectivity index (χ1n) is 4.26. The number of rotatable bonds is 2. The van der Waals surface area contributed by atoms with Crippen LogP contribution in [0.2, 0.25) is 10.0 Å². The zero-order chi connectivity index (χ0) is 10.7. The normalized spacial score (nSPS) is 10.4. The average molecular weight is 248 g/mol. The largest absolute Gasteiger partial charge is 0.374 e. The van der Waals surface area contributed by atoms with Crippen molar-refractivity contribution in [3.8, 4) is 0 Å². The van der Waals surface area contributed by atoms with Gasteiger partial charge in [0, 0.05) is 21.7 Å². The SMILES string of the molecule is CC(C)NC(=S)c1cc(Cl)cc(Cl)c1. The molecule has 1 nitrogen and oxygen atoms in total. The summed E-state index contributed by atoms with van der Waals surface area (Å²) in [5.74, 6) is 0. The second-order valence-corrected chi connectivity index (χ2v) is 4.57. The maximum absolute atomic E-state index is 5.86. The van der Waals surface area contributed by atoms with Crippen LogP contribution >= 0.6 is 35.4 Å². The Morgan fingerprint density at radius 2 is 1.71 bits per heavy atom. The molecule has 0 bridgehead atoms. The molecule has 0 aliphatic carbocycles. The van der Waals surface area contributed by atoms with Crippen molar-refractivity contribution in [2.75, 3.05) is 0 Å². The van der Waals surface area contributed by atoms with E-state index >= 15 is 0 Å². The molecule has 0 radical (unpaired) electrons. The van der Waals surface area contributed by atoms with E-state index in [2.05, 4.69) is 5.32 Å². The van der Waals surface area contributed by atoms with Crippen molar-refractivity contribution in [3.05, 3.63) is 33.8 Å². The third-order valence-corrected chi connectivity index (χ3v) is 2.33. The van der Waals surface area contributed by atoms with E-state index in [4.69, 9.17) is 35.4 Å². The molecule has 0 saturated heterocycles. The molecule has 14 heavy (non-hydrogen) atoms. The maximum Gasteiger partial charge on any atom is 0.106 e. The summed E-state index contributed by atoms with van der Waals surface area (Å²) in [6.07, 6.45) is 0. The third kappa shape index (κ3) is 3.45. The van der Waals surface area contributed by atoms with E-state index in [1.165, 1.54) is 0 Å². The summed E-state index contributed by atoms with van der Waals surface area (Å²) in [5.41, 5.74) is 0.853. The van der Waals surface area contributed by atoms with Crippen LogP contribution < -0.4 is 5.32 Å². The minimum Gasteiger partial charge on any atom is -0.374 e. The number of benzene rings is 1. The van der Waals surface area contributed by atoms with Gasteiger partial charge in [0.2, 0.25) is 0 Å². The van der Waals surface area contributed by atoms with E-state index in [1.54, 1.807) is 18.2 Å². The van der Waals surface area contributed by atoms with E-state index in [0.29, 0.717) is 21.1 Å². The van der Waals surface area contributed by atoms with Gasteiger partial charge in [-0.05, 0) is 32.0 Å². The average Bonchev–Trinajstić information content (AvgIpc) is 2.00. The van der Waals surface area contributed by atoms with Crippen LogP contribution in [0.3, 0.4) is 0 Å². The molecule has 0 atom stereocenters. The summed E-state index contributed by atoms with van der Waals surface area (Å²) in [6, 6.07) is 5.58. The molecule has 0 aromatic heterocycles. The van der Waals surface area contributed by atoms with Gasteiger partial charge in [0.1, 0.15) is 4.99 Å². The molecule has 0 heterocycles. The maximum atomic E-state index is 5.86. The first-order chi connectivity index (χ1) is 6.49. The summed E-state index contributed by atoms with van der Waals surface area (Å²) in [6.45, 7) is 4.05. The molecular weight excluding hydrogens is 237 g/mol. The highest BCUT2D eigenvalue weighted by molar-refractivity contribution is 7.80. The fourth-order valence-electron chi connectivity index (χ4n) is 1.03. The molecule has 76 valence electrons. The van der Waals surface area contributed by atoms with Crippen LogP contribution in [0.5, 0.6) is 0 Å². The van der Waals surface area contributed by atoms with Gasteiger partial charge < -0.3 is 5.32 Å². The molecule has 0 saturated carbocycles. The lowest BCUT2D eigenvalue weighted by molar-refractivity contribution is 0.740. The van der Waals surface area contributed by atoms with Crippen molar-refractivity contribution in [1.29, 1.82) is 0 Å². The predicted octanol–water partition coefficient (Wildman–Crippen LogP) is 3.67. The van der Waals surface area contributed by atoms with Crippen LogP contribution in [0.4, 0.5) is 0 Å². The fraction of sp³-hybridized carbons (Fsp3) is 0.300. The van der Waals surface area contributed by atoms with Crippen LogP contribution in [-0.4, -0.2) is 11.0 Å². The molecule has 1 aromatic rings. The highest BCUT2D eigenvalue weighted by Gasteiger charge is 2.04. The van der Waals surface area contributed by atoms with Crippen molar-refractivity contribution >= 4 is 40.4 Å². The lowest BCUT2D eigenvalue weighted by Gasteiger charge is -2.11. The molecule has 4 heteroatoms. The Kier molecular flexibility index (Phi) is 4.17. The van der Waals surface area contributed by atoms with Crippen LogP contribution in [0.1, 0.15) is 19.4 Å². The highest BCUT2D eigenvalue weighted by Crippen LogP contribution is 2.19. The van der Waals surface area contributed by atoms with E-state index in [9.17, 15) is 0 Å². The Hall–Kier alpha value is -0.310. The Morgan fingerprint density at radius 3 is 2.14 bits per heavy atom. The van der Waals surface area contributed by atoms with Crippen LogP contribution in [0.15, 0.2) is 18.2 Å². The summed E-state index contributed by atoms with van der Waals surface area (Å²) < 4.78 is 0. The molecule has 0 aliphatic heterocycles. The van der Waals surface area contributed by atoms with E-state index in [-0.39, 0.29) is 0 Å². The van der Waals surface area contributed by atoms with Gasteiger partial charge in [-0.2, -0.15) is 0 Å². The number of nitrogens with one attached hydrogen (secondary N) is 1. The van der Waals surface area contributed by atoms with Crippen molar-refractivity contribution in [3.63, 3.8) is 0 Å². The van der Waals surface area contributed by atoms with Gasteiger partial charge in [-0.3, -0.25) is 0 Å². The van der Waals surface area contributed by atoms with E-state index in [1.807, 2.05) is 13.8 Å². The van der Waals surface area contributed by atoms with Gasteiger partial charge in [-0.15, -0.1) is 0 Å². The van der Waals surface area contributed by atoms with Crippen molar-refractivity contribution in [2.45, 2.75) is 19.9 Å². The molecule has 0 spiro atoms. The molecular formula is C10H11Cl2NS. The molecule has 1 N–H and O–H groups in total. The Morgan fingerprint density at radius 1 is 1.21 bits per heavy atom. The highest BCUT2D eigenvalue weighted by atomic mass is 35.5. The predicted molar refractivity (Wildman–Crippen MR) is 66.4 cm³/mol. The quantitative estimate of drug-likeness (QED) is 0.801. The number of hydrogen-bond acceptors (Lipinski definition) is 1. The molecule has 0 aliphatic rings. The number of hydrogen-bond donors (Lipinski definition) is 1. The zero-order valence-electron chi connectivity index (χ0n) is 7.97. The molecule has 0 fully saturated rings. The van der Waals surface area contributed by atoms with Gasteiger partial charge in [-0.1, -0.05) is 35.4 Å². The molecule has 1 aromatic carbocycles. The topological polar surface area (TPSA) is 12.0 Å². The van der Waals surface area contributed by atoms with Crippen LogP contribution in [-0.2, 0) is 0 Å². The van der Waals surface area contributed by atoms with Gasteiger partial charge in [-0.25, -0.2) is 0 Å². The minimum absolute atomic E-state index is 0.306. The van der Waals surface area contributed by atoms with Gasteiger partial charge >= 0.3 is 0 Å². The minimum atomic E-state index is 0.306. The Bertz CT molecular complexity index is 330. The molecule has 0 unspecified atom stereocenters. The second-order valence-electron chi connectivity index (χ2n) is 3.29. The summed E-state index contributed by atoms with van der Waals surface area (Å²) >= 11 is 16.9. The lowest BCUT2D eigenvalue weighted by atomic mass is 10.2. The first-order valence-corrected chi connectivity index (χ1v) is 5.42. The summed E-state index contributed by atoms with van der Waals surface area (Å²) in [4.78, 5) is 0.671. The van der Waals surface area contributed by atoms with Crippen molar-refractivity contribution in [1.82, 2.24) is 5.32 Å². The molecule has 1 rings (SSSR count). The zero-order valence-corrected chi connectivity index (χ0v) is 10.3. The lowest BCUT2D eigenvalue weighted by Crippen LogP contribution is -2.29. The second kappa shape index (κ2) is 4.96. The van der Waals surface area contributed by atoms with Crippen LogP contribution in [0.25, 0.3) is 0 Å².